The fourth-order valence-electron chi connectivity index (χ4n) is 4.08. The van der Waals surface area contributed by atoms with Gasteiger partial charge in [-0.15, -0.1) is 0 Å². The molecule has 4 rings (SSSR count). The second-order valence-electron chi connectivity index (χ2n) is 9.52. The molecule has 1 amide bonds. The van der Waals surface area contributed by atoms with Gasteiger partial charge < -0.3 is 16.2 Å². The Hall–Kier alpha value is -4.69. The average Bonchev–Trinajstić information content (AvgIpc) is 3.36. The molecular formula is C28H26F3N5O5S. The number of hydrogen-bond donors (Lipinski definition) is 4. The molecule has 1 atom stereocenters. The first-order valence-corrected chi connectivity index (χ1v) is 13.9. The number of carboxylic acids is 1. The summed E-state index contributed by atoms with van der Waals surface area (Å²) in [6, 6.07) is 15.9. The van der Waals surface area contributed by atoms with Gasteiger partial charge in [-0.05, 0) is 74.0 Å². The van der Waals surface area contributed by atoms with Crippen molar-refractivity contribution in [2.75, 3.05) is 10.0 Å². The normalized spacial score (nSPS) is 12.5. The predicted octanol–water partition coefficient (Wildman–Crippen LogP) is 4.72. The molecule has 0 saturated carbocycles. The molecule has 14 heteroatoms. The van der Waals surface area contributed by atoms with Crippen LogP contribution in [0.4, 0.5) is 24.5 Å². The summed E-state index contributed by atoms with van der Waals surface area (Å²) in [5, 5.41) is 15.0. The van der Waals surface area contributed by atoms with Gasteiger partial charge in [0.05, 0.1) is 34.4 Å². The van der Waals surface area contributed by atoms with Gasteiger partial charge in [0.2, 0.25) is 5.91 Å². The lowest BCUT2D eigenvalue weighted by Crippen LogP contribution is -2.37. The molecule has 10 nitrogen and oxygen atoms in total. The smallest absolute Gasteiger partial charge is 0.435 e. The van der Waals surface area contributed by atoms with E-state index in [9.17, 15) is 31.2 Å². The molecule has 1 aromatic heterocycles. The molecule has 4 aromatic rings. The first kappa shape index (κ1) is 30.3. The van der Waals surface area contributed by atoms with Crippen LogP contribution in [0.25, 0.3) is 16.9 Å². The number of hydrogen-bond acceptors (Lipinski definition) is 6. The number of carbonyl (C=O) groups excluding carboxylic acids is 1. The number of nitrogens with zero attached hydrogens (tertiary/aromatic N) is 2. The van der Waals surface area contributed by atoms with Crippen LogP contribution >= 0.6 is 0 Å². The number of carboxylic acid groups (broad SMARTS) is 1. The van der Waals surface area contributed by atoms with Gasteiger partial charge in [0, 0.05) is 11.3 Å². The Morgan fingerprint density at radius 3 is 2.31 bits per heavy atom. The number of rotatable bonds is 9. The van der Waals surface area contributed by atoms with E-state index in [0.717, 1.165) is 21.9 Å². The summed E-state index contributed by atoms with van der Waals surface area (Å²) in [5.41, 5.74) is 7.25. The number of alkyl halides is 3. The van der Waals surface area contributed by atoms with Crippen molar-refractivity contribution in [3.8, 4) is 16.9 Å². The number of aliphatic carboxylic acids is 1. The van der Waals surface area contributed by atoms with E-state index >= 15 is 0 Å². The van der Waals surface area contributed by atoms with Gasteiger partial charge in [-0.3, -0.25) is 14.3 Å². The molecule has 3 aromatic carbocycles. The van der Waals surface area contributed by atoms with Gasteiger partial charge in [-0.1, -0.05) is 23.8 Å². The minimum absolute atomic E-state index is 0.0859. The standard InChI is InChI=1S/C28H26F3N5O5S/c1-16-6-7-17(2)22(12-16)24-15-25(28(29,30)31)34-36(24)20-8-10-21(11-9-20)42(40,41)35-19-5-3-4-18(13-19)33-27(39)23(32)14-26(37)38/h3-13,15,23,35H,14,32H2,1-2H3,(H,33,39)(H,37,38)/t23-/m0/s1. The van der Waals surface area contributed by atoms with E-state index in [1.165, 1.54) is 48.5 Å². The SMILES string of the molecule is Cc1ccc(C)c(-c2cc(C(F)(F)F)nn2-c2ccc(S(=O)(=O)Nc3cccc(NC(=O)[C@@H](N)CC(=O)O)c3)cc2)c1. The van der Waals surface area contributed by atoms with E-state index in [2.05, 4.69) is 15.1 Å². The summed E-state index contributed by atoms with van der Waals surface area (Å²) in [7, 11) is -4.16. The van der Waals surface area contributed by atoms with Crippen LogP contribution in [0.15, 0.2) is 77.7 Å². The number of halogens is 3. The van der Waals surface area contributed by atoms with Crippen LogP contribution in [-0.2, 0) is 25.8 Å². The largest absolute Gasteiger partial charge is 0.481 e. The first-order chi connectivity index (χ1) is 19.6. The topological polar surface area (TPSA) is 156 Å². The van der Waals surface area contributed by atoms with Crippen LogP contribution < -0.4 is 15.8 Å². The van der Waals surface area contributed by atoms with Crippen LogP contribution in [0.1, 0.15) is 23.2 Å². The summed E-state index contributed by atoms with van der Waals surface area (Å²) in [5.74, 6) is -2.01. The van der Waals surface area contributed by atoms with Crippen LogP contribution in [0.3, 0.4) is 0 Å². The van der Waals surface area contributed by atoms with Crippen LogP contribution in [-0.4, -0.2) is 41.2 Å². The van der Waals surface area contributed by atoms with Gasteiger partial charge in [-0.2, -0.15) is 18.3 Å². The minimum Gasteiger partial charge on any atom is -0.481 e. The second-order valence-corrected chi connectivity index (χ2v) is 11.2. The maximum absolute atomic E-state index is 13.6. The molecule has 0 fully saturated rings. The molecule has 220 valence electrons. The van der Waals surface area contributed by atoms with Gasteiger partial charge in [-0.25, -0.2) is 13.1 Å². The number of carbonyl (C=O) groups is 2. The van der Waals surface area contributed by atoms with Crippen molar-refractivity contribution in [1.82, 2.24) is 9.78 Å². The zero-order valence-electron chi connectivity index (χ0n) is 22.3. The molecule has 0 aliphatic heterocycles. The van der Waals surface area contributed by atoms with Crippen molar-refractivity contribution < 1.29 is 36.3 Å². The Morgan fingerprint density at radius 1 is 1.00 bits per heavy atom. The van der Waals surface area contributed by atoms with Gasteiger partial charge in [0.15, 0.2) is 5.69 Å². The summed E-state index contributed by atoms with van der Waals surface area (Å²) < 4.78 is 70.4. The molecule has 1 heterocycles. The van der Waals surface area contributed by atoms with Gasteiger partial charge >= 0.3 is 12.1 Å². The zero-order valence-corrected chi connectivity index (χ0v) is 23.1. The molecular weight excluding hydrogens is 575 g/mol. The second kappa shape index (κ2) is 11.7. The summed E-state index contributed by atoms with van der Waals surface area (Å²) in [6.07, 6.45) is -5.28. The Kier molecular flexibility index (Phi) is 8.40. The highest BCUT2D eigenvalue weighted by Gasteiger charge is 2.35. The number of aromatic nitrogens is 2. The number of sulfonamides is 1. The molecule has 0 spiro atoms. The highest BCUT2D eigenvalue weighted by molar-refractivity contribution is 7.92. The number of nitrogens with one attached hydrogen (secondary N) is 2. The lowest BCUT2D eigenvalue weighted by Gasteiger charge is -2.13. The van der Waals surface area contributed by atoms with Crippen LogP contribution in [0, 0.1) is 13.8 Å². The van der Waals surface area contributed by atoms with Crippen molar-refractivity contribution >= 4 is 33.3 Å². The van der Waals surface area contributed by atoms with E-state index in [1.54, 1.807) is 19.1 Å². The number of amides is 1. The third kappa shape index (κ3) is 6.95. The van der Waals surface area contributed by atoms with Gasteiger partial charge in [0.1, 0.15) is 0 Å². The van der Waals surface area contributed by atoms with Crippen molar-refractivity contribution in [3.63, 3.8) is 0 Å². The Balaban J connectivity index is 1.60. The molecule has 0 aliphatic rings. The number of aryl methyl sites for hydroxylation is 2. The molecule has 0 aliphatic carbocycles. The van der Waals surface area contributed by atoms with E-state index in [-0.39, 0.29) is 27.7 Å². The third-order valence-electron chi connectivity index (χ3n) is 6.17. The summed E-state index contributed by atoms with van der Waals surface area (Å²) in [6.45, 7) is 3.59. The molecule has 42 heavy (non-hydrogen) atoms. The fraction of sp³-hybridized carbons (Fsp3) is 0.179. The summed E-state index contributed by atoms with van der Waals surface area (Å²) in [4.78, 5) is 22.7. The van der Waals surface area contributed by atoms with Crippen molar-refractivity contribution in [1.29, 1.82) is 0 Å². The van der Waals surface area contributed by atoms with Crippen molar-refractivity contribution in [3.05, 3.63) is 89.6 Å². The zero-order chi connectivity index (χ0) is 30.8. The van der Waals surface area contributed by atoms with E-state index < -0.39 is 46.2 Å². The lowest BCUT2D eigenvalue weighted by atomic mass is 10.0. The Bertz CT molecular complexity index is 1750. The Morgan fingerprint density at radius 2 is 1.67 bits per heavy atom. The van der Waals surface area contributed by atoms with Crippen LogP contribution in [0.5, 0.6) is 0 Å². The third-order valence-corrected chi connectivity index (χ3v) is 7.57. The minimum atomic E-state index is -4.69. The van der Waals surface area contributed by atoms with Crippen molar-refractivity contribution in [2.45, 2.75) is 37.4 Å². The van der Waals surface area contributed by atoms with E-state index in [1.807, 2.05) is 13.0 Å². The molecule has 0 unspecified atom stereocenters. The quantitative estimate of drug-likeness (QED) is 0.216. The average molecular weight is 602 g/mol. The van der Waals surface area contributed by atoms with E-state index in [0.29, 0.717) is 5.56 Å². The maximum atomic E-state index is 13.6. The maximum Gasteiger partial charge on any atom is 0.435 e. The Labute approximate surface area is 239 Å². The fourth-order valence-corrected chi connectivity index (χ4v) is 5.13. The number of benzene rings is 3. The highest BCUT2D eigenvalue weighted by atomic mass is 32.2. The molecule has 0 saturated heterocycles. The van der Waals surface area contributed by atoms with Crippen molar-refractivity contribution in [2.24, 2.45) is 5.73 Å². The number of anilines is 2. The summed E-state index contributed by atoms with van der Waals surface area (Å²) >= 11 is 0. The highest BCUT2D eigenvalue weighted by Crippen LogP contribution is 2.35. The monoisotopic (exact) mass is 601 g/mol. The predicted molar refractivity (Wildman–Crippen MR) is 150 cm³/mol. The van der Waals surface area contributed by atoms with E-state index in [4.69, 9.17) is 10.8 Å². The molecule has 0 bridgehead atoms. The first-order valence-electron chi connectivity index (χ1n) is 12.4. The van der Waals surface area contributed by atoms with Gasteiger partial charge in [0.25, 0.3) is 10.0 Å². The lowest BCUT2D eigenvalue weighted by molar-refractivity contribution is -0.141. The van der Waals surface area contributed by atoms with Crippen LogP contribution in [0.2, 0.25) is 0 Å². The molecule has 0 radical (unpaired) electrons. The number of nitrogens with two attached hydrogens (primary N) is 1. The molecule has 5 N–H and O–H groups in total.